The van der Waals surface area contributed by atoms with Crippen molar-refractivity contribution in [2.24, 2.45) is 0 Å². The molecule has 0 saturated heterocycles. The van der Waals surface area contributed by atoms with Gasteiger partial charge < -0.3 is 5.48 Å². The maximum Gasteiger partial charge on any atom is 1.00 e. The summed E-state index contributed by atoms with van der Waals surface area (Å²) < 4.78 is 29.3. The first-order chi connectivity index (χ1) is 16.9. The third kappa shape index (κ3) is 8.32. The number of aromatic nitrogens is 4. The number of nitrogens with zero attached hydrogens (tertiary/aromatic N) is 4. The van der Waals surface area contributed by atoms with Gasteiger partial charge in [-0.25, -0.2) is 18.1 Å². The summed E-state index contributed by atoms with van der Waals surface area (Å²) in [5, 5.41) is 8.85. The Hall–Kier alpha value is -2.35. The molecule has 0 bridgehead atoms. The van der Waals surface area contributed by atoms with E-state index in [4.69, 9.17) is 6.42 Å². The normalized spacial score (nSPS) is 10.1. The summed E-state index contributed by atoms with van der Waals surface area (Å²) in [7, 11) is -1.41. The van der Waals surface area contributed by atoms with Crippen LogP contribution in [0.1, 0.15) is 33.9 Å². The minimum absolute atomic E-state index is 0. The second-order valence-corrected chi connectivity index (χ2v) is 14.3. The van der Waals surface area contributed by atoms with Crippen molar-refractivity contribution in [3.63, 3.8) is 0 Å². The van der Waals surface area contributed by atoms with Crippen LogP contribution in [-0.2, 0) is 0 Å². The van der Waals surface area contributed by atoms with Crippen LogP contribution < -0.4 is 51.4 Å². The largest absolute Gasteiger partial charge is 1.00 e. The van der Waals surface area contributed by atoms with Crippen LogP contribution in [0.25, 0.3) is 11.4 Å². The fourth-order valence-corrected chi connectivity index (χ4v) is 4.09. The Kier molecular flexibility index (Phi) is 12.5. The molecular formula is C29H31F2KN4OSi. The monoisotopic (exact) mass is 556 g/mol. The summed E-state index contributed by atoms with van der Waals surface area (Å²) in [5.41, 5.74) is 10.4. The zero-order valence-corrected chi connectivity index (χ0v) is 27.3. The first-order valence-corrected chi connectivity index (χ1v) is 15.1. The molecule has 0 unspecified atom stereocenters. The Morgan fingerprint density at radius 3 is 1.42 bits per heavy atom. The average Bonchev–Trinajstić information content (AvgIpc) is 3.27. The summed E-state index contributed by atoms with van der Waals surface area (Å²) in [6.45, 7) is 14.4. The van der Waals surface area contributed by atoms with E-state index in [1.54, 1.807) is 28.9 Å². The molecule has 0 radical (unpaired) electrons. The maximum atomic E-state index is 13.0. The molecule has 0 aliphatic heterocycles. The summed E-state index contributed by atoms with van der Waals surface area (Å²) in [6, 6.07) is 12.5. The van der Waals surface area contributed by atoms with Gasteiger partial charge in [-0.2, -0.15) is 10.2 Å². The van der Waals surface area contributed by atoms with Crippen molar-refractivity contribution in [1.29, 1.82) is 0 Å². The van der Waals surface area contributed by atoms with Crippen LogP contribution in [0.15, 0.2) is 48.5 Å². The van der Waals surface area contributed by atoms with Crippen LogP contribution in [0, 0.1) is 63.1 Å². The van der Waals surface area contributed by atoms with Crippen LogP contribution in [0.3, 0.4) is 0 Å². The fourth-order valence-electron chi connectivity index (χ4n) is 3.59. The molecule has 0 aliphatic rings. The number of halogens is 2. The second kappa shape index (κ2) is 14.2. The summed E-state index contributed by atoms with van der Waals surface area (Å²) in [6.07, 6.45) is 5.40. The van der Waals surface area contributed by atoms with Crippen molar-refractivity contribution < 1.29 is 65.6 Å². The number of hydrogen-bond acceptors (Lipinski definition) is 3. The van der Waals surface area contributed by atoms with Crippen molar-refractivity contribution >= 4 is 8.07 Å². The molecule has 5 nitrogen and oxygen atoms in total. The molecule has 4 aromatic rings. The third-order valence-corrected chi connectivity index (χ3v) is 6.31. The first-order valence-electron chi connectivity index (χ1n) is 11.6. The van der Waals surface area contributed by atoms with Gasteiger partial charge in [0.25, 0.3) is 0 Å². The molecule has 2 aromatic heterocycles. The molecule has 0 aliphatic carbocycles. The van der Waals surface area contributed by atoms with Gasteiger partial charge in [0.2, 0.25) is 0 Å². The van der Waals surface area contributed by atoms with E-state index < -0.39 is 8.07 Å². The standard InChI is InChI=1S/C16H19FN2Si.C13H11FN2.K.H2O/c1-12-16(10-11-20(3,4)5)13(2)19(18-12)15-8-6-14(17)7-9-15;1-4-13-9(2)15-16(10(13)3)12-7-5-11(14)6-8-12;;/h6-9H,1-5H3;1,5-8H,2-3H3;;1H2/q;;+1;/p-1. The number of hydrogen-bond donors (Lipinski definition) is 0. The quantitative estimate of drug-likeness (QED) is 0.281. The van der Waals surface area contributed by atoms with Crippen molar-refractivity contribution in [1.82, 2.24) is 19.6 Å². The van der Waals surface area contributed by atoms with E-state index in [9.17, 15) is 8.78 Å². The van der Waals surface area contributed by atoms with E-state index in [1.807, 2.05) is 32.4 Å². The van der Waals surface area contributed by atoms with Crippen LogP contribution in [0.5, 0.6) is 0 Å². The van der Waals surface area contributed by atoms with E-state index >= 15 is 0 Å². The third-order valence-electron chi connectivity index (χ3n) is 5.43. The van der Waals surface area contributed by atoms with Gasteiger partial charge in [0.1, 0.15) is 19.7 Å². The van der Waals surface area contributed by atoms with Gasteiger partial charge in [0, 0.05) is 0 Å². The number of benzene rings is 2. The van der Waals surface area contributed by atoms with Crippen molar-refractivity contribution in [2.45, 2.75) is 47.3 Å². The minimum atomic E-state index is -1.41. The first kappa shape index (κ1) is 33.7. The van der Waals surface area contributed by atoms with E-state index in [1.165, 1.54) is 24.3 Å². The molecule has 2 aromatic carbocycles. The Labute approximate surface area is 267 Å². The van der Waals surface area contributed by atoms with Crippen molar-refractivity contribution in [2.75, 3.05) is 0 Å². The van der Waals surface area contributed by atoms with Crippen LogP contribution in [-0.4, -0.2) is 33.1 Å². The van der Waals surface area contributed by atoms with Gasteiger partial charge in [-0.3, -0.25) is 0 Å². The van der Waals surface area contributed by atoms with E-state index in [-0.39, 0.29) is 68.5 Å². The van der Waals surface area contributed by atoms with E-state index in [2.05, 4.69) is 47.2 Å². The molecular weight excluding hydrogens is 526 g/mol. The van der Waals surface area contributed by atoms with E-state index in [0.29, 0.717) is 0 Å². The van der Waals surface area contributed by atoms with Gasteiger partial charge in [-0.1, -0.05) is 31.5 Å². The van der Waals surface area contributed by atoms with Gasteiger partial charge in [-0.15, -0.1) is 12.0 Å². The Bertz CT molecular complexity index is 1480. The smallest absolute Gasteiger partial charge is 0.870 e. The molecule has 1 N–H and O–H groups in total. The van der Waals surface area contributed by atoms with Crippen LogP contribution >= 0.6 is 0 Å². The topological polar surface area (TPSA) is 65.6 Å². The van der Waals surface area contributed by atoms with Gasteiger partial charge in [-0.05, 0) is 76.2 Å². The molecule has 2 heterocycles. The Morgan fingerprint density at radius 1 is 0.711 bits per heavy atom. The zero-order valence-electron chi connectivity index (χ0n) is 23.2. The maximum absolute atomic E-state index is 13.0. The summed E-state index contributed by atoms with van der Waals surface area (Å²) >= 11 is 0. The number of rotatable bonds is 2. The summed E-state index contributed by atoms with van der Waals surface area (Å²) in [4.78, 5) is 0. The second-order valence-electron chi connectivity index (χ2n) is 9.51. The predicted molar refractivity (Wildman–Crippen MR) is 146 cm³/mol. The molecule has 0 amide bonds. The molecule has 0 saturated carbocycles. The number of terminal acetylenes is 1. The van der Waals surface area contributed by atoms with Gasteiger partial charge >= 0.3 is 51.4 Å². The average molecular weight is 557 g/mol. The van der Waals surface area contributed by atoms with Crippen LogP contribution in [0.2, 0.25) is 19.6 Å². The molecule has 9 heteroatoms. The Balaban J connectivity index is 0.000000368. The van der Waals surface area contributed by atoms with Gasteiger partial charge in [0.15, 0.2) is 0 Å². The fraction of sp³-hybridized carbons (Fsp3) is 0.241. The Morgan fingerprint density at radius 2 is 1.08 bits per heavy atom. The van der Waals surface area contributed by atoms with Crippen molar-refractivity contribution in [3.8, 4) is 35.2 Å². The SMILES string of the molecule is C#Cc1c(C)nn(-c2ccc(F)cc2)c1C.Cc1nn(-c2ccc(F)cc2)c(C)c1C#C[Si](C)(C)C.[K+].[OH-]. The van der Waals surface area contributed by atoms with Crippen LogP contribution in [0.4, 0.5) is 8.78 Å². The molecule has 0 fully saturated rings. The molecule has 0 atom stereocenters. The molecule has 4 rings (SSSR count). The van der Waals surface area contributed by atoms with Crippen molar-refractivity contribution in [3.05, 3.63) is 94.1 Å². The predicted octanol–water partition coefficient (Wildman–Crippen LogP) is 3.29. The van der Waals surface area contributed by atoms with E-state index in [0.717, 1.165) is 45.3 Å². The molecule has 192 valence electrons. The zero-order chi connectivity index (χ0) is 26.6. The molecule has 0 spiro atoms. The van der Waals surface area contributed by atoms with Gasteiger partial charge in [0.05, 0.1) is 45.3 Å². The minimum Gasteiger partial charge on any atom is -0.870 e. The summed E-state index contributed by atoms with van der Waals surface area (Å²) in [5.74, 6) is 5.38. The molecule has 38 heavy (non-hydrogen) atoms. The number of aryl methyl sites for hydroxylation is 2.